The number of anilines is 1. The van der Waals surface area contributed by atoms with E-state index in [0.717, 1.165) is 40.4 Å². The molecule has 0 saturated heterocycles. The molecule has 0 aliphatic carbocycles. The van der Waals surface area contributed by atoms with Crippen LogP contribution >= 0.6 is 0 Å². The predicted octanol–water partition coefficient (Wildman–Crippen LogP) is 5.72. The molecule has 0 radical (unpaired) electrons. The van der Waals surface area contributed by atoms with Crippen LogP contribution in [0.2, 0.25) is 0 Å². The average molecular weight is 384 g/mol. The lowest BCUT2D eigenvalue weighted by Gasteiger charge is -2.25. The van der Waals surface area contributed by atoms with E-state index in [4.69, 9.17) is 14.6 Å². The Balaban J connectivity index is 1.68. The van der Waals surface area contributed by atoms with Crippen LogP contribution in [0, 0.1) is 0 Å². The van der Waals surface area contributed by atoms with Gasteiger partial charge in [-0.15, -0.1) is 0 Å². The molecule has 4 heteroatoms. The zero-order valence-corrected chi connectivity index (χ0v) is 16.7. The third-order valence-corrected chi connectivity index (χ3v) is 5.05. The molecule has 29 heavy (non-hydrogen) atoms. The zero-order chi connectivity index (χ0) is 20.1. The minimum atomic E-state index is 0.0749. The van der Waals surface area contributed by atoms with Crippen molar-refractivity contribution < 1.29 is 9.47 Å². The summed E-state index contributed by atoms with van der Waals surface area (Å²) in [5.74, 6) is 1.73. The van der Waals surface area contributed by atoms with Gasteiger partial charge in [-0.2, -0.15) is 5.10 Å². The maximum absolute atomic E-state index is 5.62. The largest absolute Gasteiger partial charge is 0.496 e. The van der Waals surface area contributed by atoms with E-state index in [2.05, 4.69) is 35.4 Å². The first-order chi connectivity index (χ1) is 14.3. The topological polar surface area (TPSA) is 34.1 Å². The van der Waals surface area contributed by atoms with Crippen molar-refractivity contribution in [3.8, 4) is 11.5 Å². The highest BCUT2D eigenvalue weighted by Gasteiger charge is 2.30. The lowest BCUT2D eigenvalue weighted by atomic mass is 9.99. The molecular weight excluding hydrogens is 360 g/mol. The maximum atomic E-state index is 5.62. The summed E-state index contributed by atoms with van der Waals surface area (Å²) in [6.45, 7) is 0. The first kappa shape index (κ1) is 18.8. The number of benzene rings is 3. The number of hydrazone groups is 1. The van der Waals surface area contributed by atoms with E-state index in [0.29, 0.717) is 0 Å². The van der Waals surface area contributed by atoms with Crippen LogP contribution in [0.1, 0.15) is 23.6 Å². The molecule has 0 fully saturated rings. The number of ether oxygens (including phenoxy) is 2. The van der Waals surface area contributed by atoms with Gasteiger partial charge in [0.1, 0.15) is 11.5 Å². The van der Waals surface area contributed by atoms with Crippen molar-refractivity contribution in [3.05, 3.63) is 96.1 Å². The number of para-hydroxylation sites is 3. The molecule has 0 aromatic heterocycles. The minimum absolute atomic E-state index is 0.0749. The summed E-state index contributed by atoms with van der Waals surface area (Å²) in [6.07, 6.45) is 4.93. The Morgan fingerprint density at radius 3 is 2.21 bits per heavy atom. The van der Waals surface area contributed by atoms with Crippen molar-refractivity contribution in [1.29, 1.82) is 0 Å². The Bertz CT molecular complexity index is 1030. The number of hydrogen-bond acceptors (Lipinski definition) is 4. The van der Waals surface area contributed by atoms with E-state index in [1.807, 2.05) is 60.7 Å². The standard InChI is InChI=1S/C25H24N2O2/c1-28-24-14-8-6-10-19(24)16-17-20-18-23(22-13-7-9-15-25(22)29-2)27(26-20)21-11-4-3-5-12-21/h3-17,23H,18H2,1-2H3. The van der Waals surface area contributed by atoms with Crippen molar-refractivity contribution in [3.63, 3.8) is 0 Å². The van der Waals surface area contributed by atoms with E-state index in [9.17, 15) is 0 Å². The number of methoxy groups -OCH3 is 2. The molecule has 1 heterocycles. The van der Waals surface area contributed by atoms with E-state index in [-0.39, 0.29) is 6.04 Å². The molecule has 0 N–H and O–H groups in total. The van der Waals surface area contributed by atoms with Crippen LogP contribution < -0.4 is 14.5 Å². The average Bonchev–Trinajstić information content (AvgIpc) is 3.22. The number of allylic oxidation sites excluding steroid dienone is 1. The first-order valence-corrected chi connectivity index (χ1v) is 9.66. The van der Waals surface area contributed by atoms with E-state index >= 15 is 0 Å². The summed E-state index contributed by atoms with van der Waals surface area (Å²) in [4.78, 5) is 0. The third-order valence-electron chi connectivity index (χ3n) is 5.05. The van der Waals surface area contributed by atoms with Gasteiger partial charge < -0.3 is 9.47 Å². The van der Waals surface area contributed by atoms with Gasteiger partial charge in [0.25, 0.3) is 0 Å². The van der Waals surface area contributed by atoms with E-state index < -0.39 is 0 Å². The minimum Gasteiger partial charge on any atom is -0.496 e. The van der Waals surface area contributed by atoms with Gasteiger partial charge in [-0.3, -0.25) is 5.01 Å². The molecule has 1 aliphatic rings. The van der Waals surface area contributed by atoms with Gasteiger partial charge >= 0.3 is 0 Å². The van der Waals surface area contributed by atoms with Crippen molar-refractivity contribution in [2.24, 2.45) is 5.10 Å². The van der Waals surface area contributed by atoms with Gasteiger partial charge in [-0.25, -0.2) is 0 Å². The lowest BCUT2D eigenvalue weighted by molar-refractivity contribution is 0.405. The fourth-order valence-corrected chi connectivity index (χ4v) is 3.63. The second-order valence-electron chi connectivity index (χ2n) is 6.81. The van der Waals surface area contributed by atoms with Crippen LogP contribution in [0.15, 0.2) is 90.0 Å². The van der Waals surface area contributed by atoms with Gasteiger partial charge in [0.05, 0.1) is 31.7 Å². The normalized spacial score (nSPS) is 16.1. The smallest absolute Gasteiger partial charge is 0.126 e. The first-order valence-electron chi connectivity index (χ1n) is 9.66. The SMILES string of the molecule is COc1ccccc1C=CC1=NN(c2ccccc2)C(c2ccccc2OC)C1. The summed E-state index contributed by atoms with van der Waals surface area (Å²) < 4.78 is 11.1. The quantitative estimate of drug-likeness (QED) is 0.545. The number of hydrogen-bond donors (Lipinski definition) is 0. The molecule has 1 aliphatic heterocycles. The van der Waals surface area contributed by atoms with Crippen LogP contribution in [0.5, 0.6) is 11.5 Å². The fraction of sp³-hybridized carbons (Fsp3) is 0.160. The maximum Gasteiger partial charge on any atom is 0.126 e. The van der Waals surface area contributed by atoms with Gasteiger partial charge in [0.2, 0.25) is 0 Å². The fourth-order valence-electron chi connectivity index (χ4n) is 3.63. The van der Waals surface area contributed by atoms with Crippen molar-refractivity contribution in [2.45, 2.75) is 12.5 Å². The summed E-state index contributed by atoms with van der Waals surface area (Å²) in [5, 5.41) is 7.01. The zero-order valence-electron chi connectivity index (χ0n) is 16.7. The van der Waals surface area contributed by atoms with Crippen molar-refractivity contribution in [1.82, 2.24) is 0 Å². The highest BCUT2D eigenvalue weighted by Crippen LogP contribution is 2.39. The van der Waals surface area contributed by atoms with Crippen LogP contribution in [0.3, 0.4) is 0 Å². The number of nitrogens with zero attached hydrogens (tertiary/aromatic N) is 2. The summed E-state index contributed by atoms with van der Waals surface area (Å²) in [6, 6.07) is 26.5. The lowest BCUT2D eigenvalue weighted by Crippen LogP contribution is -2.19. The van der Waals surface area contributed by atoms with Crippen LogP contribution in [0.25, 0.3) is 6.08 Å². The monoisotopic (exact) mass is 384 g/mol. The van der Waals surface area contributed by atoms with Gasteiger partial charge in [-0.05, 0) is 36.4 Å². The second-order valence-corrected chi connectivity index (χ2v) is 6.81. The molecule has 3 aromatic rings. The molecule has 0 amide bonds. The molecule has 4 nitrogen and oxygen atoms in total. The van der Waals surface area contributed by atoms with Crippen LogP contribution in [0.4, 0.5) is 5.69 Å². The predicted molar refractivity (Wildman–Crippen MR) is 119 cm³/mol. The van der Waals surface area contributed by atoms with Crippen LogP contribution in [-0.2, 0) is 0 Å². The Labute approximate surface area is 171 Å². The van der Waals surface area contributed by atoms with Gasteiger partial charge in [-0.1, -0.05) is 54.6 Å². The molecule has 4 rings (SSSR count). The van der Waals surface area contributed by atoms with E-state index in [1.54, 1.807) is 14.2 Å². The highest BCUT2D eigenvalue weighted by molar-refractivity contribution is 6.01. The molecule has 1 unspecified atom stereocenters. The van der Waals surface area contributed by atoms with Gasteiger partial charge in [0.15, 0.2) is 0 Å². The molecule has 1 atom stereocenters. The summed E-state index contributed by atoms with van der Waals surface area (Å²) >= 11 is 0. The highest BCUT2D eigenvalue weighted by atomic mass is 16.5. The Morgan fingerprint density at radius 1 is 0.793 bits per heavy atom. The van der Waals surface area contributed by atoms with Gasteiger partial charge in [0, 0.05) is 17.5 Å². The van der Waals surface area contributed by atoms with E-state index in [1.165, 1.54) is 0 Å². The molecule has 146 valence electrons. The Morgan fingerprint density at radius 2 is 1.45 bits per heavy atom. The Kier molecular flexibility index (Phi) is 5.61. The molecule has 3 aromatic carbocycles. The molecular formula is C25H24N2O2. The molecule has 0 bridgehead atoms. The Hall–Kier alpha value is -3.53. The van der Waals surface area contributed by atoms with Crippen molar-refractivity contribution in [2.75, 3.05) is 19.2 Å². The molecule has 0 saturated carbocycles. The second kappa shape index (κ2) is 8.65. The third kappa shape index (κ3) is 4.02. The van der Waals surface area contributed by atoms with Crippen molar-refractivity contribution >= 4 is 17.5 Å². The van der Waals surface area contributed by atoms with Crippen LogP contribution in [-0.4, -0.2) is 19.9 Å². The number of rotatable bonds is 6. The summed E-state index contributed by atoms with van der Waals surface area (Å²) in [5.41, 5.74) is 4.23. The summed E-state index contributed by atoms with van der Waals surface area (Å²) in [7, 11) is 3.40. The molecule has 0 spiro atoms.